The number of pyridine rings is 1. The van der Waals surface area contributed by atoms with Crippen molar-refractivity contribution in [3.05, 3.63) is 23.9 Å². The number of ether oxygens (including phenoxy) is 1. The van der Waals surface area contributed by atoms with E-state index in [-0.39, 0.29) is 11.1 Å². The molecule has 7 heteroatoms. The summed E-state index contributed by atoms with van der Waals surface area (Å²) in [6.07, 6.45) is 1.58. The standard InChI is InChI=1S/C13H23N3O3S/c1-5-16(11(2)10-19-4)20(17,18)13-7-6-12(8-14-3)9-15-13/h6-7,9,11,14H,5,8,10H2,1-4H3. The molecule has 0 aliphatic carbocycles. The lowest BCUT2D eigenvalue weighted by Crippen LogP contribution is -2.41. The molecule has 1 aromatic heterocycles. The Morgan fingerprint density at radius 2 is 2.15 bits per heavy atom. The minimum absolute atomic E-state index is 0.0714. The van der Waals surface area contributed by atoms with Gasteiger partial charge in [0.15, 0.2) is 5.03 Å². The summed E-state index contributed by atoms with van der Waals surface area (Å²) in [5, 5.41) is 3.07. The third-order valence-electron chi connectivity index (χ3n) is 2.96. The van der Waals surface area contributed by atoms with Crippen LogP contribution in [0.15, 0.2) is 23.4 Å². The van der Waals surface area contributed by atoms with E-state index in [0.717, 1.165) is 5.56 Å². The average Bonchev–Trinajstić information content (AvgIpc) is 2.40. The van der Waals surface area contributed by atoms with Gasteiger partial charge in [0.2, 0.25) is 0 Å². The van der Waals surface area contributed by atoms with Crippen molar-refractivity contribution < 1.29 is 13.2 Å². The first-order valence-electron chi connectivity index (χ1n) is 6.57. The van der Waals surface area contributed by atoms with Crippen molar-refractivity contribution in [2.24, 2.45) is 0 Å². The lowest BCUT2D eigenvalue weighted by Gasteiger charge is -2.26. The van der Waals surface area contributed by atoms with E-state index in [0.29, 0.717) is 19.7 Å². The summed E-state index contributed by atoms with van der Waals surface area (Å²) in [7, 11) is -0.196. The molecule has 1 unspecified atom stereocenters. The van der Waals surface area contributed by atoms with Gasteiger partial charge in [0, 0.05) is 32.4 Å². The SMILES string of the molecule is CCN(C(C)COC)S(=O)(=O)c1ccc(CNC)cn1. The number of rotatable bonds is 8. The van der Waals surface area contributed by atoms with E-state index in [1.54, 1.807) is 32.4 Å². The summed E-state index contributed by atoms with van der Waals surface area (Å²) in [4.78, 5) is 4.07. The van der Waals surface area contributed by atoms with Crippen molar-refractivity contribution in [1.29, 1.82) is 0 Å². The number of hydrogen-bond acceptors (Lipinski definition) is 5. The highest BCUT2D eigenvalue weighted by atomic mass is 32.2. The quantitative estimate of drug-likeness (QED) is 0.770. The summed E-state index contributed by atoms with van der Waals surface area (Å²) in [6, 6.07) is 3.09. The van der Waals surface area contributed by atoms with Crippen molar-refractivity contribution in [1.82, 2.24) is 14.6 Å². The second-order valence-corrected chi connectivity index (χ2v) is 6.39. The highest BCUT2D eigenvalue weighted by Crippen LogP contribution is 2.16. The third kappa shape index (κ3) is 3.99. The van der Waals surface area contributed by atoms with Crippen molar-refractivity contribution >= 4 is 10.0 Å². The van der Waals surface area contributed by atoms with Crippen LogP contribution in [0.4, 0.5) is 0 Å². The number of likely N-dealkylation sites (N-methyl/N-ethyl adjacent to an activating group) is 1. The summed E-state index contributed by atoms with van der Waals surface area (Å²) >= 11 is 0. The van der Waals surface area contributed by atoms with Gasteiger partial charge in [-0.2, -0.15) is 4.31 Å². The molecule has 114 valence electrons. The molecule has 0 radical (unpaired) electrons. The van der Waals surface area contributed by atoms with E-state index >= 15 is 0 Å². The van der Waals surface area contributed by atoms with Crippen LogP contribution in [0.3, 0.4) is 0 Å². The second-order valence-electron chi connectivity index (χ2n) is 4.55. The average molecular weight is 301 g/mol. The highest BCUT2D eigenvalue weighted by molar-refractivity contribution is 7.89. The Bertz CT molecular complexity index is 502. The monoisotopic (exact) mass is 301 g/mol. The molecule has 0 spiro atoms. The van der Waals surface area contributed by atoms with Crippen LogP contribution in [-0.4, -0.2) is 51.1 Å². The van der Waals surface area contributed by atoms with E-state index in [2.05, 4.69) is 10.3 Å². The first kappa shape index (κ1) is 17.0. The van der Waals surface area contributed by atoms with E-state index in [9.17, 15) is 8.42 Å². The lowest BCUT2D eigenvalue weighted by atomic mass is 10.3. The number of hydrogen-bond donors (Lipinski definition) is 1. The largest absolute Gasteiger partial charge is 0.383 e. The van der Waals surface area contributed by atoms with E-state index < -0.39 is 10.0 Å². The normalized spacial score (nSPS) is 13.7. The van der Waals surface area contributed by atoms with E-state index in [1.165, 1.54) is 4.31 Å². The van der Waals surface area contributed by atoms with Crippen molar-refractivity contribution in [2.75, 3.05) is 27.3 Å². The molecule has 20 heavy (non-hydrogen) atoms. The fraction of sp³-hybridized carbons (Fsp3) is 0.615. The number of methoxy groups -OCH3 is 1. The minimum atomic E-state index is -3.58. The Morgan fingerprint density at radius 1 is 1.45 bits per heavy atom. The number of nitrogens with zero attached hydrogens (tertiary/aromatic N) is 2. The first-order valence-corrected chi connectivity index (χ1v) is 8.01. The van der Waals surface area contributed by atoms with Gasteiger partial charge in [-0.1, -0.05) is 13.0 Å². The van der Waals surface area contributed by atoms with Gasteiger partial charge >= 0.3 is 0 Å². The Balaban J connectivity index is 3.01. The van der Waals surface area contributed by atoms with Gasteiger partial charge in [-0.3, -0.25) is 0 Å². The predicted octanol–water partition coefficient (Wildman–Crippen LogP) is 0.846. The summed E-state index contributed by atoms with van der Waals surface area (Å²) in [5.41, 5.74) is 0.944. The molecule has 6 nitrogen and oxygen atoms in total. The van der Waals surface area contributed by atoms with Gasteiger partial charge < -0.3 is 10.1 Å². The van der Waals surface area contributed by atoms with Crippen LogP contribution in [0, 0.1) is 0 Å². The summed E-state index contributed by atoms with van der Waals surface area (Å²) in [5.74, 6) is 0. The summed E-state index contributed by atoms with van der Waals surface area (Å²) in [6.45, 7) is 5.02. The van der Waals surface area contributed by atoms with Crippen LogP contribution >= 0.6 is 0 Å². The molecule has 0 bridgehead atoms. The molecule has 1 rings (SSSR count). The molecule has 0 aromatic carbocycles. The fourth-order valence-electron chi connectivity index (χ4n) is 2.04. The van der Waals surface area contributed by atoms with Crippen LogP contribution in [0.5, 0.6) is 0 Å². The molecule has 0 aliphatic rings. The molecular formula is C13H23N3O3S. The van der Waals surface area contributed by atoms with Gasteiger partial charge in [-0.15, -0.1) is 0 Å². The van der Waals surface area contributed by atoms with Crippen molar-refractivity contribution in [3.63, 3.8) is 0 Å². The number of sulfonamides is 1. The zero-order chi connectivity index (χ0) is 15.2. The molecule has 0 aliphatic heterocycles. The fourth-order valence-corrected chi connectivity index (χ4v) is 3.58. The van der Waals surface area contributed by atoms with Crippen LogP contribution in [0.2, 0.25) is 0 Å². The van der Waals surface area contributed by atoms with Crippen LogP contribution in [-0.2, 0) is 21.3 Å². The Kier molecular flexibility index (Phi) is 6.54. The molecule has 1 N–H and O–H groups in total. The maximum Gasteiger partial charge on any atom is 0.260 e. The Hall–Kier alpha value is -1.02. The Morgan fingerprint density at radius 3 is 2.60 bits per heavy atom. The topological polar surface area (TPSA) is 71.5 Å². The number of nitrogens with one attached hydrogen (secondary N) is 1. The lowest BCUT2D eigenvalue weighted by molar-refractivity contribution is 0.142. The van der Waals surface area contributed by atoms with Crippen LogP contribution in [0.25, 0.3) is 0 Å². The maximum atomic E-state index is 12.5. The predicted molar refractivity (Wildman–Crippen MR) is 77.9 cm³/mol. The molecule has 1 aromatic rings. The first-order chi connectivity index (χ1) is 9.47. The van der Waals surface area contributed by atoms with E-state index in [4.69, 9.17) is 4.74 Å². The molecule has 0 saturated carbocycles. The van der Waals surface area contributed by atoms with Gasteiger partial charge in [0.25, 0.3) is 10.0 Å². The minimum Gasteiger partial charge on any atom is -0.383 e. The van der Waals surface area contributed by atoms with Gasteiger partial charge in [-0.05, 0) is 25.6 Å². The second kappa shape index (κ2) is 7.68. The van der Waals surface area contributed by atoms with Gasteiger partial charge in [0.1, 0.15) is 0 Å². The van der Waals surface area contributed by atoms with Crippen LogP contribution < -0.4 is 5.32 Å². The zero-order valence-electron chi connectivity index (χ0n) is 12.5. The smallest absolute Gasteiger partial charge is 0.260 e. The van der Waals surface area contributed by atoms with Crippen molar-refractivity contribution in [2.45, 2.75) is 31.5 Å². The number of aromatic nitrogens is 1. The molecule has 0 saturated heterocycles. The van der Waals surface area contributed by atoms with Crippen molar-refractivity contribution in [3.8, 4) is 0 Å². The zero-order valence-corrected chi connectivity index (χ0v) is 13.3. The summed E-state index contributed by atoms with van der Waals surface area (Å²) < 4.78 is 31.5. The molecule has 0 amide bonds. The Labute approximate surface area is 121 Å². The van der Waals surface area contributed by atoms with E-state index in [1.807, 2.05) is 14.0 Å². The van der Waals surface area contributed by atoms with Gasteiger partial charge in [-0.25, -0.2) is 13.4 Å². The third-order valence-corrected chi connectivity index (χ3v) is 4.97. The highest BCUT2D eigenvalue weighted by Gasteiger charge is 2.28. The maximum absolute atomic E-state index is 12.5. The molecule has 1 atom stereocenters. The molecule has 0 fully saturated rings. The van der Waals surface area contributed by atoms with Gasteiger partial charge in [0.05, 0.1) is 6.61 Å². The molecular weight excluding hydrogens is 278 g/mol. The molecule has 1 heterocycles. The van der Waals surface area contributed by atoms with Crippen LogP contribution in [0.1, 0.15) is 19.4 Å².